The van der Waals surface area contributed by atoms with Crippen LogP contribution in [0.2, 0.25) is 0 Å². The number of imidazole rings is 1. The maximum absolute atomic E-state index is 6.35. The maximum Gasteiger partial charge on any atom is 0.132 e. The Morgan fingerprint density at radius 3 is 2.67 bits per heavy atom. The van der Waals surface area contributed by atoms with Gasteiger partial charge in [-0.25, -0.2) is 4.98 Å². The molecule has 0 saturated carbocycles. The summed E-state index contributed by atoms with van der Waals surface area (Å²) in [5.74, 6) is 0.853. The molecule has 0 radical (unpaired) electrons. The Labute approximate surface area is 145 Å². The maximum atomic E-state index is 6.35. The van der Waals surface area contributed by atoms with Crippen molar-refractivity contribution in [1.82, 2.24) is 9.55 Å². The Balaban J connectivity index is 2.39. The highest BCUT2D eigenvalue weighted by atomic mass is 79.9. The van der Waals surface area contributed by atoms with E-state index in [0.29, 0.717) is 0 Å². The molecule has 0 bridgehead atoms. The van der Waals surface area contributed by atoms with Crippen LogP contribution in [0, 0.1) is 6.92 Å². The highest BCUT2D eigenvalue weighted by Gasteiger charge is 2.18. The zero-order valence-corrected chi connectivity index (χ0v) is 15.5. The van der Waals surface area contributed by atoms with Gasteiger partial charge in [-0.15, -0.1) is 11.6 Å². The first-order chi connectivity index (χ1) is 9.99. The second kappa shape index (κ2) is 5.75. The number of rotatable bonds is 2. The van der Waals surface area contributed by atoms with E-state index in [0.717, 1.165) is 31.5 Å². The third kappa shape index (κ3) is 2.65. The van der Waals surface area contributed by atoms with Crippen molar-refractivity contribution in [3.8, 4) is 5.69 Å². The van der Waals surface area contributed by atoms with E-state index in [9.17, 15) is 0 Å². The van der Waals surface area contributed by atoms with Crippen LogP contribution in [-0.2, 0) is 0 Å². The molecular weight excluding hydrogens is 415 g/mol. The van der Waals surface area contributed by atoms with Crippen molar-refractivity contribution in [3.05, 3.63) is 56.7 Å². The van der Waals surface area contributed by atoms with Crippen LogP contribution in [0.3, 0.4) is 0 Å². The quantitative estimate of drug-likeness (QED) is 0.447. The van der Waals surface area contributed by atoms with E-state index in [-0.39, 0.29) is 5.38 Å². The van der Waals surface area contributed by atoms with Gasteiger partial charge in [-0.3, -0.25) is 4.57 Å². The summed E-state index contributed by atoms with van der Waals surface area (Å²) in [5.41, 5.74) is 4.25. The summed E-state index contributed by atoms with van der Waals surface area (Å²) in [5, 5.41) is -0.172. The predicted molar refractivity (Wildman–Crippen MR) is 95.5 cm³/mol. The number of fused-ring (bicyclic) bond motifs is 1. The van der Waals surface area contributed by atoms with Crippen molar-refractivity contribution in [2.75, 3.05) is 0 Å². The van der Waals surface area contributed by atoms with Crippen molar-refractivity contribution in [2.24, 2.45) is 0 Å². The molecule has 1 heterocycles. The van der Waals surface area contributed by atoms with E-state index in [1.54, 1.807) is 0 Å². The second-order valence-electron chi connectivity index (χ2n) is 4.94. The first kappa shape index (κ1) is 15.1. The number of nitrogens with zero attached hydrogens (tertiary/aromatic N) is 2. The molecule has 2 aromatic carbocycles. The minimum Gasteiger partial charge on any atom is -0.295 e. The lowest BCUT2D eigenvalue weighted by Crippen LogP contribution is -2.04. The van der Waals surface area contributed by atoms with E-state index in [2.05, 4.69) is 55.5 Å². The summed E-state index contributed by atoms with van der Waals surface area (Å²) < 4.78 is 4.23. The smallest absolute Gasteiger partial charge is 0.132 e. The van der Waals surface area contributed by atoms with Crippen LogP contribution in [0.25, 0.3) is 16.7 Å². The third-order valence-electron chi connectivity index (χ3n) is 3.48. The van der Waals surface area contributed by atoms with Gasteiger partial charge < -0.3 is 0 Å². The monoisotopic (exact) mass is 426 g/mol. The van der Waals surface area contributed by atoms with Gasteiger partial charge in [0.25, 0.3) is 0 Å². The average molecular weight is 429 g/mol. The number of hydrogen-bond acceptors (Lipinski definition) is 1. The minimum absolute atomic E-state index is 0.172. The molecule has 0 aliphatic heterocycles. The summed E-state index contributed by atoms with van der Waals surface area (Å²) in [6.45, 7) is 4.04. The molecule has 2 nitrogen and oxygen atoms in total. The van der Waals surface area contributed by atoms with Gasteiger partial charge in [-0.05, 0) is 49.7 Å². The lowest BCUT2D eigenvalue weighted by Gasteiger charge is -2.14. The number of alkyl halides is 1. The van der Waals surface area contributed by atoms with Crippen LogP contribution in [0.15, 0.2) is 45.3 Å². The zero-order valence-electron chi connectivity index (χ0n) is 11.6. The van der Waals surface area contributed by atoms with E-state index in [1.165, 1.54) is 5.56 Å². The summed E-state index contributed by atoms with van der Waals surface area (Å²) in [7, 11) is 0. The van der Waals surface area contributed by atoms with Crippen molar-refractivity contribution >= 4 is 54.5 Å². The van der Waals surface area contributed by atoms with Crippen LogP contribution in [0.5, 0.6) is 0 Å². The number of aromatic nitrogens is 2. The molecule has 3 rings (SSSR count). The van der Waals surface area contributed by atoms with Gasteiger partial charge in [0, 0.05) is 8.95 Å². The van der Waals surface area contributed by atoms with E-state index >= 15 is 0 Å². The van der Waals surface area contributed by atoms with Crippen LogP contribution in [0.4, 0.5) is 0 Å². The van der Waals surface area contributed by atoms with Gasteiger partial charge >= 0.3 is 0 Å². The van der Waals surface area contributed by atoms with Gasteiger partial charge in [0.1, 0.15) is 5.82 Å². The van der Waals surface area contributed by atoms with Gasteiger partial charge in [0.15, 0.2) is 0 Å². The first-order valence-electron chi connectivity index (χ1n) is 6.56. The predicted octanol–water partition coefficient (Wildman–Crippen LogP) is 6.16. The highest BCUT2D eigenvalue weighted by molar-refractivity contribution is 9.10. The number of benzene rings is 2. The lowest BCUT2D eigenvalue weighted by molar-refractivity contribution is 0.877. The van der Waals surface area contributed by atoms with E-state index < -0.39 is 0 Å². The molecule has 0 N–H and O–H groups in total. The summed E-state index contributed by atoms with van der Waals surface area (Å²) in [4.78, 5) is 4.71. The fourth-order valence-corrected chi connectivity index (χ4v) is 3.28. The molecule has 1 atom stereocenters. The highest BCUT2D eigenvalue weighted by Crippen LogP contribution is 2.32. The molecule has 0 saturated heterocycles. The molecule has 0 spiro atoms. The summed E-state index contributed by atoms with van der Waals surface area (Å²) >= 11 is 13.4. The molecule has 0 aliphatic carbocycles. The van der Waals surface area contributed by atoms with E-state index in [1.807, 2.05) is 31.2 Å². The van der Waals surface area contributed by atoms with Gasteiger partial charge in [0.05, 0.1) is 22.1 Å². The van der Waals surface area contributed by atoms with Crippen LogP contribution in [0.1, 0.15) is 23.7 Å². The molecule has 1 aromatic heterocycles. The van der Waals surface area contributed by atoms with Gasteiger partial charge in [-0.1, -0.05) is 37.9 Å². The Morgan fingerprint density at radius 2 is 1.95 bits per heavy atom. The van der Waals surface area contributed by atoms with Crippen LogP contribution >= 0.6 is 43.5 Å². The lowest BCUT2D eigenvalue weighted by atomic mass is 10.2. The van der Waals surface area contributed by atoms with Crippen LogP contribution < -0.4 is 0 Å². The second-order valence-corrected chi connectivity index (χ2v) is 7.36. The molecule has 21 heavy (non-hydrogen) atoms. The standard InChI is InChI=1S/C16H13Br2ClN2/c1-9-12(18)4-3-5-14(9)21-15-7-6-11(17)8-13(15)20-16(21)10(2)19/h3-8,10H,1-2H3. The van der Waals surface area contributed by atoms with Crippen molar-refractivity contribution < 1.29 is 0 Å². The summed E-state index contributed by atoms with van der Waals surface area (Å²) in [6, 6.07) is 12.3. The molecule has 1 unspecified atom stereocenters. The van der Waals surface area contributed by atoms with Crippen LogP contribution in [-0.4, -0.2) is 9.55 Å². The molecule has 5 heteroatoms. The molecular formula is C16H13Br2ClN2. The minimum atomic E-state index is -0.172. The van der Waals surface area contributed by atoms with E-state index in [4.69, 9.17) is 16.6 Å². The zero-order chi connectivity index (χ0) is 15.1. The summed E-state index contributed by atoms with van der Waals surface area (Å²) in [6.07, 6.45) is 0. The van der Waals surface area contributed by atoms with Crippen molar-refractivity contribution in [2.45, 2.75) is 19.2 Å². The largest absolute Gasteiger partial charge is 0.295 e. The molecule has 108 valence electrons. The fourth-order valence-electron chi connectivity index (χ4n) is 2.43. The molecule has 0 fully saturated rings. The SMILES string of the molecule is Cc1c(Br)cccc1-n1c(C(C)Cl)nc2cc(Br)ccc21. The van der Waals surface area contributed by atoms with Crippen molar-refractivity contribution in [1.29, 1.82) is 0 Å². The van der Waals surface area contributed by atoms with Gasteiger partial charge in [-0.2, -0.15) is 0 Å². The molecule has 0 amide bonds. The number of halogens is 3. The Morgan fingerprint density at radius 1 is 1.19 bits per heavy atom. The average Bonchev–Trinajstić information content (AvgIpc) is 2.80. The first-order valence-corrected chi connectivity index (χ1v) is 8.58. The van der Waals surface area contributed by atoms with Gasteiger partial charge in [0.2, 0.25) is 0 Å². The Kier molecular flexibility index (Phi) is 4.12. The topological polar surface area (TPSA) is 17.8 Å². The van der Waals surface area contributed by atoms with Crippen molar-refractivity contribution in [3.63, 3.8) is 0 Å². The Bertz CT molecular complexity index is 825. The third-order valence-corrected chi connectivity index (χ3v) is 5.03. The number of hydrogen-bond donors (Lipinski definition) is 0. The molecule has 3 aromatic rings. The normalized spacial score (nSPS) is 12.8. The fraction of sp³-hybridized carbons (Fsp3) is 0.188. The Hall–Kier alpha value is -0.840. The molecule has 0 aliphatic rings.